The number of amides is 1. The number of nitrogens with zero attached hydrogens (tertiary/aromatic N) is 3. The van der Waals surface area contributed by atoms with Gasteiger partial charge in [-0.15, -0.1) is 0 Å². The maximum Gasteiger partial charge on any atom is 0.308 e. The molecule has 132 valence electrons. The van der Waals surface area contributed by atoms with Crippen molar-refractivity contribution in [3.63, 3.8) is 0 Å². The number of carbonyl (C=O) groups excluding carboxylic acids is 1. The Labute approximate surface area is 147 Å². The first-order valence-electron chi connectivity index (χ1n) is 8.49. The third-order valence-electron chi connectivity index (χ3n) is 4.96. The summed E-state index contributed by atoms with van der Waals surface area (Å²) in [7, 11) is 1.84. The number of aryl methyl sites for hydroxylation is 3. The summed E-state index contributed by atoms with van der Waals surface area (Å²) < 4.78 is 1.71. The minimum absolute atomic E-state index is 0.00573. The minimum atomic E-state index is -0.837. The zero-order valence-electron chi connectivity index (χ0n) is 14.6. The lowest BCUT2D eigenvalue weighted by atomic mass is 9.86. The summed E-state index contributed by atoms with van der Waals surface area (Å²) in [6.07, 6.45) is 4.65. The zero-order valence-corrected chi connectivity index (χ0v) is 14.6. The van der Waals surface area contributed by atoms with E-state index in [1.807, 2.05) is 44.4 Å². The van der Waals surface area contributed by atoms with E-state index in [4.69, 9.17) is 0 Å². The number of hydrogen-bond acceptors (Lipinski definition) is 3. The van der Waals surface area contributed by atoms with Gasteiger partial charge in [0.15, 0.2) is 0 Å². The van der Waals surface area contributed by atoms with Crippen LogP contribution in [0.1, 0.15) is 29.0 Å². The second-order valence-corrected chi connectivity index (χ2v) is 6.73. The zero-order chi connectivity index (χ0) is 18.0. The van der Waals surface area contributed by atoms with Crippen LogP contribution < -0.4 is 0 Å². The lowest BCUT2D eigenvalue weighted by Crippen LogP contribution is -2.30. The van der Waals surface area contributed by atoms with E-state index >= 15 is 0 Å². The smallest absolute Gasteiger partial charge is 0.308 e. The van der Waals surface area contributed by atoms with E-state index in [-0.39, 0.29) is 18.4 Å². The maximum atomic E-state index is 12.6. The SMILES string of the molecule is Cc1ccccc1[C@H]1CN(C(=O)CCc2cnn(C)c2)C[C@@H]1C(=O)O. The van der Waals surface area contributed by atoms with Crippen LogP contribution in [0.2, 0.25) is 0 Å². The van der Waals surface area contributed by atoms with Crippen molar-refractivity contribution in [3.8, 4) is 0 Å². The summed E-state index contributed by atoms with van der Waals surface area (Å²) in [6, 6.07) is 7.83. The fourth-order valence-electron chi connectivity index (χ4n) is 3.59. The number of aliphatic carboxylic acids is 1. The van der Waals surface area contributed by atoms with E-state index in [9.17, 15) is 14.7 Å². The highest BCUT2D eigenvalue weighted by Gasteiger charge is 2.40. The first kappa shape index (κ1) is 17.2. The maximum absolute atomic E-state index is 12.6. The minimum Gasteiger partial charge on any atom is -0.481 e. The normalized spacial score (nSPS) is 20.0. The number of aromatic nitrogens is 2. The number of rotatable bonds is 5. The van der Waals surface area contributed by atoms with Crippen LogP contribution >= 0.6 is 0 Å². The van der Waals surface area contributed by atoms with E-state index in [2.05, 4.69) is 5.10 Å². The molecular weight excluding hydrogens is 318 g/mol. The molecule has 0 radical (unpaired) electrons. The van der Waals surface area contributed by atoms with Crippen molar-refractivity contribution < 1.29 is 14.7 Å². The topological polar surface area (TPSA) is 75.4 Å². The number of carboxylic acids is 1. The Morgan fingerprint density at radius 1 is 1.28 bits per heavy atom. The molecule has 2 heterocycles. The van der Waals surface area contributed by atoms with Gasteiger partial charge in [0.05, 0.1) is 12.1 Å². The Morgan fingerprint density at radius 2 is 2.04 bits per heavy atom. The molecule has 6 heteroatoms. The Hall–Kier alpha value is -2.63. The third-order valence-corrected chi connectivity index (χ3v) is 4.96. The average molecular weight is 341 g/mol. The molecule has 2 atom stereocenters. The van der Waals surface area contributed by atoms with Crippen LogP contribution in [-0.2, 0) is 23.1 Å². The lowest BCUT2D eigenvalue weighted by molar-refractivity contribution is -0.141. The molecule has 0 saturated carbocycles. The highest BCUT2D eigenvalue weighted by Crippen LogP contribution is 2.34. The molecule has 3 rings (SSSR count). The molecule has 1 aliphatic rings. The van der Waals surface area contributed by atoms with Gasteiger partial charge in [0.1, 0.15) is 0 Å². The standard InChI is InChI=1S/C19H23N3O3/c1-13-5-3-4-6-15(13)16-11-22(12-17(16)19(24)25)18(23)8-7-14-9-20-21(2)10-14/h3-6,9-10,16-17H,7-8,11-12H2,1-2H3,(H,24,25)/t16-,17+/m1/s1. The molecule has 1 saturated heterocycles. The van der Waals surface area contributed by atoms with Gasteiger partial charge in [0, 0.05) is 38.7 Å². The van der Waals surface area contributed by atoms with Crippen molar-refractivity contribution in [2.24, 2.45) is 13.0 Å². The predicted octanol–water partition coefficient (Wildman–Crippen LogP) is 1.99. The second-order valence-electron chi connectivity index (χ2n) is 6.73. The van der Waals surface area contributed by atoms with Crippen molar-refractivity contribution in [1.29, 1.82) is 0 Å². The summed E-state index contributed by atoms with van der Waals surface area (Å²) in [6.45, 7) is 2.73. The first-order valence-corrected chi connectivity index (χ1v) is 8.49. The Kier molecular flexibility index (Phi) is 4.88. The highest BCUT2D eigenvalue weighted by molar-refractivity contribution is 5.80. The predicted molar refractivity (Wildman–Crippen MR) is 93.2 cm³/mol. The van der Waals surface area contributed by atoms with E-state index in [1.165, 1.54) is 0 Å². The number of hydrogen-bond donors (Lipinski definition) is 1. The quantitative estimate of drug-likeness (QED) is 0.902. The van der Waals surface area contributed by atoms with Gasteiger partial charge in [-0.25, -0.2) is 0 Å². The van der Waals surface area contributed by atoms with Crippen LogP contribution in [0.3, 0.4) is 0 Å². The number of benzene rings is 1. The van der Waals surface area contributed by atoms with Gasteiger partial charge in [0.2, 0.25) is 5.91 Å². The van der Waals surface area contributed by atoms with E-state index in [0.29, 0.717) is 19.4 Å². The largest absolute Gasteiger partial charge is 0.481 e. The molecule has 0 unspecified atom stereocenters. The monoisotopic (exact) mass is 341 g/mol. The molecule has 1 aliphatic heterocycles. The molecule has 1 N–H and O–H groups in total. The summed E-state index contributed by atoms with van der Waals surface area (Å²) >= 11 is 0. The molecule has 1 fully saturated rings. The van der Waals surface area contributed by atoms with Crippen molar-refractivity contribution in [2.45, 2.75) is 25.7 Å². The molecule has 0 aliphatic carbocycles. The lowest BCUT2D eigenvalue weighted by Gasteiger charge is -2.18. The Balaban J connectivity index is 1.70. The van der Waals surface area contributed by atoms with E-state index in [1.54, 1.807) is 15.8 Å². The molecule has 0 bridgehead atoms. The Bertz CT molecular complexity index is 784. The van der Waals surface area contributed by atoms with E-state index in [0.717, 1.165) is 16.7 Å². The third kappa shape index (κ3) is 3.73. The number of carbonyl (C=O) groups is 2. The van der Waals surface area contributed by atoms with Crippen molar-refractivity contribution in [1.82, 2.24) is 14.7 Å². The van der Waals surface area contributed by atoms with Crippen LogP contribution in [0.15, 0.2) is 36.7 Å². The fourth-order valence-corrected chi connectivity index (χ4v) is 3.59. The number of carboxylic acid groups (broad SMARTS) is 1. The van der Waals surface area contributed by atoms with Gasteiger partial charge in [-0.3, -0.25) is 14.3 Å². The van der Waals surface area contributed by atoms with Gasteiger partial charge >= 0.3 is 5.97 Å². The molecule has 1 amide bonds. The van der Waals surface area contributed by atoms with Crippen LogP contribution in [-0.4, -0.2) is 44.8 Å². The van der Waals surface area contributed by atoms with E-state index < -0.39 is 11.9 Å². The van der Waals surface area contributed by atoms with Gasteiger partial charge in [-0.2, -0.15) is 5.10 Å². The van der Waals surface area contributed by atoms with Gasteiger partial charge in [-0.05, 0) is 30.0 Å². The molecule has 25 heavy (non-hydrogen) atoms. The molecule has 6 nitrogen and oxygen atoms in total. The molecular formula is C19H23N3O3. The molecule has 2 aromatic rings. The summed E-state index contributed by atoms with van der Waals surface area (Å²) in [5.41, 5.74) is 3.11. The molecule has 1 aromatic heterocycles. The average Bonchev–Trinajstić information content (AvgIpc) is 3.19. The summed E-state index contributed by atoms with van der Waals surface area (Å²) in [4.78, 5) is 26.0. The van der Waals surface area contributed by atoms with Crippen LogP contribution in [0.4, 0.5) is 0 Å². The summed E-state index contributed by atoms with van der Waals surface area (Å²) in [5.74, 6) is -1.54. The highest BCUT2D eigenvalue weighted by atomic mass is 16.4. The number of likely N-dealkylation sites (tertiary alicyclic amines) is 1. The van der Waals surface area contributed by atoms with Crippen LogP contribution in [0, 0.1) is 12.8 Å². The van der Waals surface area contributed by atoms with Gasteiger partial charge in [-0.1, -0.05) is 24.3 Å². The second kappa shape index (κ2) is 7.09. The van der Waals surface area contributed by atoms with Crippen molar-refractivity contribution >= 4 is 11.9 Å². The molecule has 0 spiro atoms. The first-order chi connectivity index (χ1) is 12.0. The Morgan fingerprint density at radius 3 is 2.68 bits per heavy atom. The molecule has 1 aromatic carbocycles. The van der Waals surface area contributed by atoms with Crippen molar-refractivity contribution in [2.75, 3.05) is 13.1 Å². The fraction of sp³-hybridized carbons (Fsp3) is 0.421. The summed E-state index contributed by atoms with van der Waals surface area (Å²) in [5, 5.41) is 13.7. The van der Waals surface area contributed by atoms with Crippen LogP contribution in [0.25, 0.3) is 0 Å². The van der Waals surface area contributed by atoms with Crippen LogP contribution in [0.5, 0.6) is 0 Å². The van der Waals surface area contributed by atoms with Gasteiger partial charge < -0.3 is 10.0 Å². The van der Waals surface area contributed by atoms with Crippen molar-refractivity contribution in [3.05, 3.63) is 53.3 Å². The van der Waals surface area contributed by atoms with Gasteiger partial charge in [0.25, 0.3) is 0 Å².